The molecule has 3 nitrogen and oxygen atoms in total. The normalized spacial score (nSPS) is 17.0. The average molecular weight is 327 g/mol. The molecule has 1 aromatic heterocycles. The molecule has 0 saturated heterocycles. The van der Waals surface area contributed by atoms with Gasteiger partial charge < -0.3 is 9.73 Å². The fourth-order valence-corrected chi connectivity index (χ4v) is 3.94. The van der Waals surface area contributed by atoms with E-state index in [1.807, 2.05) is 24.3 Å². The number of hydrogen-bond acceptors (Lipinski definition) is 3. The summed E-state index contributed by atoms with van der Waals surface area (Å²) >= 11 is 1.69. The summed E-state index contributed by atoms with van der Waals surface area (Å²) in [5, 5.41) is 3.86. The third kappa shape index (κ3) is 2.72. The molecule has 1 aliphatic heterocycles. The predicted molar refractivity (Wildman–Crippen MR) is 88.2 cm³/mol. The van der Waals surface area contributed by atoms with Crippen LogP contribution in [0, 0.1) is 5.82 Å². The summed E-state index contributed by atoms with van der Waals surface area (Å²) in [6.45, 7) is 0. The summed E-state index contributed by atoms with van der Waals surface area (Å²) in [5.41, 5.74) is 1.52. The van der Waals surface area contributed by atoms with E-state index in [1.54, 1.807) is 23.9 Å². The molecule has 0 fully saturated rings. The Morgan fingerprint density at radius 1 is 1.22 bits per heavy atom. The van der Waals surface area contributed by atoms with E-state index >= 15 is 0 Å². The number of amides is 1. The molecule has 1 amide bonds. The lowest BCUT2D eigenvalue weighted by atomic mass is 10.0. The van der Waals surface area contributed by atoms with E-state index in [2.05, 4.69) is 5.32 Å². The van der Waals surface area contributed by atoms with Crippen molar-refractivity contribution in [3.05, 3.63) is 65.7 Å². The van der Waals surface area contributed by atoms with Crippen molar-refractivity contribution in [2.75, 3.05) is 5.75 Å². The van der Waals surface area contributed by atoms with Crippen LogP contribution < -0.4 is 5.32 Å². The van der Waals surface area contributed by atoms with Crippen LogP contribution in [0.3, 0.4) is 0 Å². The van der Waals surface area contributed by atoms with Crippen LogP contribution >= 0.6 is 11.8 Å². The molecule has 116 valence electrons. The second-order valence-corrected chi connectivity index (χ2v) is 6.63. The van der Waals surface area contributed by atoms with Gasteiger partial charge in [-0.05, 0) is 42.3 Å². The molecule has 5 heteroatoms. The average Bonchev–Trinajstić information content (AvgIpc) is 2.99. The summed E-state index contributed by atoms with van der Waals surface area (Å²) in [6.07, 6.45) is 0.771. The highest BCUT2D eigenvalue weighted by Crippen LogP contribution is 2.36. The maximum Gasteiger partial charge on any atom is 0.287 e. The quantitative estimate of drug-likeness (QED) is 0.751. The molecule has 4 rings (SSSR count). The summed E-state index contributed by atoms with van der Waals surface area (Å²) in [5.74, 6) is 0.619. The van der Waals surface area contributed by atoms with Gasteiger partial charge in [0.1, 0.15) is 11.4 Å². The van der Waals surface area contributed by atoms with Crippen molar-refractivity contribution in [3.8, 4) is 0 Å². The molecule has 0 saturated carbocycles. The van der Waals surface area contributed by atoms with Crippen molar-refractivity contribution in [3.63, 3.8) is 0 Å². The lowest BCUT2D eigenvalue weighted by molar-refractivity contribution is 0.0909. The number of benzene rings is 2. The highest BCUT2D eigenvalue weighted by atomic mass is 32.2. The zero-order chi connectivity index (χ0) is 15.8. The van der Waals surface area contributed by atoms with Crippen LogP contribution in [0.1, 0.15) is 28.6 Å². The van der Waals surface area contributed by atoms with Gasteiger partial charge in [0.2, 0.25) is 0 Å². The third-order valence-corrected chi connectivity index (χ3v) is 5.09. The number of rotatable bonds is 2. The van der Waals surface area contributed by atoms with E-state index in [4.69, 9.17) is 4.42 Å². The molecular weight excluding hydrogens is 313 g/mol. The number of fused-ring (bicyclic) bond motifs is 2. The molecule has 0 bridgehead atoms. The van der Waals surface area contributed by atoms with Crippen LogP contribution in [-0.2, 0) is 0 Å². The molecule has 1 aliphatic rings. The van der Waals surface area contributed by atoms with Crippen molar-refractivity contribution in [2.45, 2.75) is 17.4 Å². The van der Waals surface area contributed by atoms with Crippen LogP contribution in [0.5, 0.6) is 0 Å². The molecule has 23 heavy (non-hydrogen) atoms. The minimum atomic E-state index is -0.283. The van der Waals surface area contributed by atoms with E-state index < -0.39 is 0 Å². The zero-order valence-electron chi connectivity index (χ0n) is 12.2. The molecule has 2 heterocycles. The fourth-order valence-electron chi connectivity index (χ4n) is 2.84. The van der Waals surface area contributed by atoms with Gasteiger partial charge in [0, 0.05) is 16.0 Å². The third-order valence-electron chi connectivity index (χ3n) is 3.97. The second-order valence-electron chi connectivity index (χ2n) is 5.49. The Hall–Kier alpha value is -2.27. The summed E-state index contributed by atoms with van der Waals surface area (Å²) in [4.78, 5) is 13.5. The standard InChI is InChI=1S/C18H14FNO2S/c19-12-5-6-17-13(10-12)14(7-8-23-17)20-18(21)16-9-11-3-1-2-4-15(11)22-16/h1-6,9-10,14H,7-8H2,(H,20,21)/t14-/m0/s1. The van der Waals surface area contributed by atoms with Gasteiger partial charge in [0.05, 0.1) is 6.04 Å². The molecule has 0 aliphatic carbocycles. The van der Waals surface area contributed by atoms with Crippen LogP contribution in [0.15, 0.2) is 57.8 Å². The van der Waals surface area contributed by atoms with Gasteiger partial charge in [-0.25, -0.2) is 4.39 Å². The number of para-hydroxylation sites is 1. The van der Waals surface area contributed by atoms with Gasteiger partial charge in [-0.2, -0.15) is 0 Å². The lowest BCUT2D eigenvalue weighted by Gasteiger charge is -2.25. The summed E-state index contributed by atoms with van der Waals surface area (Å²) in [6, 6.07) is 13.8. The minimum absolute atomic E-state index is 0.192. The number of carbonyl (C=O) groups excluding carboxylic acids is 1. The Bertz CT molecular complexity index is 857. The smallest absolute Gasteiger partial charge is 0.287 e. The first-order valence-corrected chi connectivity index (χ1v) is 8.41. The second kappa shape index (κ2) is 5.74. The Labute approximate surface area is 136 Å². The van der Waals surface area contributed by atoms with Crippen molar-refractivity contribution in [1.29, 1.82) is 0 Å². The molecule has 0 spiro atoms. The first-order chi connectivity index (χ1) is 11.2. The van der Waals surface area contributed by atoms with E-state index in [-0.39, 0.29) is 23.5 Å². The Morgan fingerprint density at radius 3 is 2.96 bits per heavy atom. The van der Waals surface area contributed by atoms with E-state index in [1.165, 1.54) is 12.1 Å². The monoisotopic (exact) mass is 327 g/mol. The molecule has 1 N–H and O–H groups in total. The fraction of sp³-hybridized carbons (Fsp3) is 0.167. The lowest BCUT2D eigenvalue weighted by Crippen LogP contribution is -2.30. The number of halogens is 1. The predicted octanol–water partition coefficient (Wildman–Crippen LogP) is 4.54. The van der Waals surface area contributed by atoms with Crippen LogP contribution in [0.25, 0.3) is 11.0 Å². The van der Waals surface area contributed by atoms with Crippen molar-refractivity contribution < 1.29 is 13.6 Å². The molecule has 0 unspecified atom stereocenters. The van der Waals surface area contributed by atoms with Gasteiger partial charge in [0.25, 0.3) is 5.91 Å². The van der Waals surface area contributed by atoms with Gasteiger partial charge in [0.15, 0.2) is 5.76 Å². The van der Waals surface area contributed by atoms with Crippen molar-refractivity contribution >= 4 is 28.6 Å². The van der Waals surface area contributed by atoms with Crippen molar-refractivity contribution in [1.82, 2.24) is 5.32 Å². The van der Waals surface area contributed by atoms with E-state index in [0.29, 0.717) is 5.58 Å². The van der Waals surface area contributed by atoms with E-state index in [9.17, 15) is 9.18 Å². The largest absolute Gasteiger partial charge is 0.451 e. The van der Waals surface area contributed by atoms with Crippen LogP contribution in [0.4, 0.5) is 4.39 Å². The highest BCUT2D eigenvalue weighted by Gasteiger charge is 2.24. The number of hydrogen-bond donors (Lipinski definition) is 1. The number of furan rings is 1. The highest BCUT2D eigenvalue weighted by molar-refractivity contribution is 7.99. The van der Waals surface area contributed by atoms with Crippen molar-refractivity contribution in [2.24, 2.45) is 0 Å². The zero-order valence-corrected chi connectivity index (χ0v) is 13.0. The number of nitrogens with one attached hydrogen (secondary N) is 1. The van der Waals surface area contributed by atoms with Crippen LogP contribution in [0.2, 0.25) is 0 Å². The van der Waals surface area contributed by atoms with Crippen LogP contribution in [-0.4, -0.2) is 11.7 Å². The van der Waals surface area contributed by atoms with E-state index in [0.717, 1.165) is 28.0 Å². The van der Waals surface area contributed by atoms with Gasteiger partial charge in [-0.15, -0.1) is 11.8 Å². The molecular formula is C18H14FNO2S. The molecule has 3 aromatic rings. The number of carbonyl (C=O) groups is 1. The maximum absolute atomic E-state index is 13.5. The molecule has 2 aromatic carbocycles. The number of thioether (sulfide) groups is 1. The minimum Gasteiger partial charge on any atom is -0.451 e. The maximum atomic E-state index is 13.5. The first-order valence-electron chi connectivity index (χ1n) is 7.42. The Morgan fingerprint density at radius 2 is 2.09 bits per heavy atom. The first kappa shape index (κ1) is 14.3. The van der Waals surface area contributed by atoms with Gasteiger partial charge >= 0.3 is 0 Å². The Balaban J connectivity index is 1.61. The summed E-state index contributed by atoms with van der Waals surface area (Å²) in [7, 11) is 0. The summed E-state index contributed by atoms with van der Waals surface area (Å²) < 4.78 is 19.1. The molecule has 1 atom stereocenters. The van der Waals surface area contributed by atoms with Gasteiger partial charge in [-0.3, -0.25) is 4.79 Å². The van der Waals surface area contributed by atoms with Gasteiger partial charge in [-0.1, -0.05) is 18.2 Å². The SMILES string of the molecule is O=C(N[C@H]1CCSc2ccc(F)cc21)c1cc2ccccc2o1. The topological polar surface area (TPSA) is 42.2 Å². The Kier molecular flexibility index (Phi) is 3.58. The molecule has 0 radical (unpaired) electrons.